The highest BCUT2D eigenvalue weighted by atomic mass is 16.6. The minimum atomic E-state index is -1.53. The van der Waals surface area contributed by atoms with Gasteiger partial charge in [-0.25, -0.2) is 4.79 Å². The van der Waals surface area contributed by atoms with Crippen LogP contribution in [0.15, 0.2) is 0 Å². The number of carbonyl (C=O) groups excluding carboxylic acids is 3. The van der Waals surface area contributed by atoms with Gasteiger partial charge in [-0.1, -0.05) is 0 Å². The standard InChI is InChI=1S/C24H30O8/c25-17(21(27)28)1-2-18(26)32-24-8-12-3-13(9-24)7-23(6-12,11-24)22(29)31-19-14-4-15-10-30-20(19)16(15)5-14/h12-16,19-20H,1-11H2,(H,27,28). The van der Waals surface area contributed by atoms with Crippen molar-refractivity contribution in [1.29, 1.82) is 0 Å². The van der Waals surface area contributed by atoms with Crippen molar-refractivity contribution >= 4 is 23.7 Å². The van der Waals surface area contributed by atoms with Gasteiger partial charge in [0.25, 0.3) is 0 Å². The number of carboxylic acid groups (broad SMARTS) is 1. The van der Waals surface area contributed by atoms with Gasteiger partial charge in [0, 0.05) is 12.8 Å². The molecule has 1 heterocycles. The molecule has 6 saturated carbocycles. The topological polar surface area (TPSA) is 116 Å². The molecule has 7 unspecified atom stereocenters. The van der Waals surface area contributed by atoms with Gasteiger partial charge in [0.1, 0.15) is 11.7 Å². The molecule has 0 aromatic rings. The molecule has 8 nitrogen and oxygen atoms in total. The second kappa shape index (κ2) is 7.02. The molecule has 1 saturated heterocycles. The third-order valence-corrected chi connectivity index (χ3v) is 9.31. The fraction of sp³-hybridized carbons (Fsp3) is 0.833. The molecular formula is C24H30O8. The Hall–Kier alpha value is -1.96. The van der Waals surface area contributed by atoms with Gasteiger partial charge in [-0.3, -0.25) is 14.4 Å². The first-order valence-corrected chi connectivity index (χ1v) is 12.1. The lowest BCUT2D eigenvalue weighted by Crippen LogP contribution is -2.60. The van der Waals surface area contributed by atoms with Crippen LogP contribution in [0.5, 0.6) is 0 Å². The van der Waals surface area contributed by atoms with Gasteiger partial charge in [-0.05, 0) is 74.5 Å². The number of hydrogen-bond donors (Lipinski definition) is 1. The fourth-order valence-electron chi connectivity index (χ4n) is 8.59. The number of rotatable bonds is 7. The number of Topliss-reactive ketones (excluding diaryl/α,β-unsaturated/α-hetero) is 1. The van der Waals surface area contributed by atoms with Crippen LogP contribution in [0.1, 0.15) is 64.2 Å². The van der Waals surface area contributed by atoms with Gasteiger partial charge >= 0.3 is 17.9 Å². The molecule has 174 valence electrons. The molecule has 0 aromatic carbocycles. The Morgan fingerprint density at radius 3 is 2.41 bits per heavy atom. The van der Waals surface area contributed by atoms with Gasteiger partial charge in [0.15, 0.2) is 0 Å². The van der Waals surface area contributed by atoms with Crippen molar-refractivity contribution in [2.75, 3.05) is 6.61 Å². The summed E-state index contributed by atoms with van der Waals surface area (Å²) < 4.78 is 18.1. The van der Waals surface area contributed by atoms with Crippen molar-refractivity contribution in [1.82, 2.24) is 0 Å². The molecule has 7 aliphatic rings. The van der Waals surface area contributed by atoms with E-state index >= 15 is 0 Å². The first kappa shape index (κ1) is 20.6. The SMILES string of the molecule is O=C(CCC(=O)C(=O)O)OC12CC3CC(C1)CC(C(=O)OC1C4CC5COC1C5C4)(C3)C2. The Labute approximate surface area is 186 Å². The average molecular weight is 446 g/mol. The van der Waals surface area contributed by atoms with Gasteiger partial charge in [-0.15, -0.1) is 0 Å². The Morgan fingerprint density at radius 1 is 0.938 bits per heavy atom. The van der Waals surface area contributed by atoms with Gasteiger partial charge < -0.3 is 19.3 Å². The summed E-state index contributed by atoms with van der Waals surface area (Å²) in [6, 6.07) is 0. The van der Waals surface area contributed by atoms with Crippen LogP contribution in [0.4, 0.5) is 0 Å². The van der Waals surface area contributed by atoms with Crippen molar-refractivity contribution in [3.8, 4) is 0 Å². The minimum absolute atomic E-state index is 0.0511. The van der Waals surface area contributed by atoms with E-state index in [1.165, 1.54) is 0 Å². The van der Waals surface area contributed by atoms with Crippen LogP contribution in [0.2, 0.25) is 0 Å². The maximum absolute atomic E-state index is 13.6. The molecule has 0 spiro atoms. The zero-order valence-corrected chi connectivity index (χ0v) is 18.1. The van der Waals surface area contributed by atoms with Crippen LogP contribution in [0.3, 0.4) is 0 Å². The number of hydrogen-bond acceptors (Lipinski definition) is 7. The third kappa shape index (κ3) is 3.12. The summed E-state index contributed by atoms with van der Waals surface area (Å²) in [5.74, 6) is -0.989. The summed E-state index contributed by atoms with van der Waals surface area (Å²) >= 11 is 0. The van der Waals surface area contributed by atoms with Crippen molar-refractivity contribution in [3.05, 3.63) is 0 Å². The Morgan fingerprint density at radius 2 is 1.69 bits per heavy atom. The molecule has 8 heteroatoms. The van der Waals surface area contributed by atoms with E-state index in [0.717, 1.165) is 51.6 Å². The van der Waals surface area contributed by atoms with E-state index in [1.807, 2.05) is 0 Å². The first-order chi connectivity index (χ1) is 15.3. The van der Waals surface area contributed by atoms with Gasteiger partial charge in [0.2, 0.25) is 5.78 Å². The maximum atomic E-state index is 13.6. The quantitative estimate of drug-likeness (QED) is 0.468. The largest absolute Gasteiger partial charge is 0.476 e. The lowest BCUT2D eigenvalue weighted by Gasteiger charge is -2.60. The molecular weight excluding hydrogens is 416 g/mol. The Balaban J connectivity index is 1.15. The number of fused-ring (bicyclic) bond motifs is 1. The van der Waals surface area contributed by atoms with E-state index < -0.39 is 28.7 Å². The fourth-order valence-corrected chi connectivity index (χ4v) is 8.59. The van der Waals surface area contributed by atoms with Gasteiger partial charge in [0.05, 0.1) is 24.5 Å². The summed E-state index contributed by atoms with van der Waals surface area (Å²) in [5, 5.41) is 8.73. The molecule has 7 fully saturated rings. The normalized spacial score (nSPS) is 46.9. The second-order valence-electron chi connectivity index (χ2n) is 11.5. The summed E-state index contributed by atoms with van der Waals surface area (Å²) in [5.41, 5.74) is -1.31. The summed E-state index contributed by atoms with van der Waals surface area (Å²) in [6.45, 7) is 0.790. The summed E-state index contributed by atoms with van der Waals surface area (Å²) in [6.07, 6.45) is 6.06. The number of aliphatic carboxylic acids is 1. The maximum Gasteiger partial charge on any atom is 0.372 e. The molecule has 0 radical (unpaired) electrons. The van der Waals surface area contributed by atoms with Crippen LogP contribution in [0, 0.1) is 35.0 Å². The van der Waals surface area contributed by atoms with E-state index in [2.05, 4.69) is 0 Å². The molecule has 6 bridgehead atoms. The van der Waals surface area contributed by atoms with Crippen molar-refractivity contribution in [2.45, 2.75) is 82.0 Å². The highest BCUT2D eigenvalue weighted by Gasteiger charge is 2.65. The molecule has 6 aliphatic carbocycles. The molecule has 0 amide bonds. The monoisotopic (exact) mass is 446 g/mol. The molecule has 7 atom stereocenters. The number of carbonyl (C=O) groups is 4. The van der Waals surface area contributed by atoms with Crippen LogP contribution < -0.4 is 0 Å². The molecule has 0 aromatic heterocycles. The number of ketones is 1. The molecule has 1 aliphatic heterocycles. The lowest BCUT2D eigenvalue weighted by molar-refractivity contribution is -0.217. The lowest BCUT2D eigenvalue weighted by atomic mass is 9.48. The van der Waals surface area contributed by atoms with Crippen LogP contribution in [-0.4, -0.2) is 53.2 Å². The predicted octanol–water partition coefficient (Wildman–Crippen LogP) is 2.27. The van der Waals surface area contributed by atoms with Crippen LogP contribution in [-0.2, 0) is 33.4 Å². The van der Waals surface area contributed by atoms with Crippen molar-refractivity contribution in [2.24, 2.45) is 35.0 Å². The van der Waals surface area contributed by atoms with Crippen molar-refractivity contribution in [3.63, 3.8) is 0 Å². The average Bonchev–Trinajstić information content (AvgIpc) is 3.34. The Kier molecular flexibility index (Phi) is 4.52. The zero-order chi connectivity index (χ0) is 22.3. The van der Waals surface area contributed by atoms with Crippen LogP contribution in [0.25, 0.3) is 0 Å². The number of ether oxygens (including phenoxy) is 3. The number of esters is 2. The first-order valence-electron chi connectivity index (χ1n) is 12.1. The third-order valence-electron chi connectivity index (χ3n) is 9.31. The van der Waals surface area contributed by atoms with Crippen LogP contribution >= 0.6 is 0 Å². The van der Waals surface area contributed by atoms with E-state index in [4.69, 9.17) is 19.3 Å². The Bertz CT molecular complexity index is 863. The van der Waals surface area contributed by atoms with Crippen molar-refractivity contribution < 1.29 is 38.5 Å². The van der Waals surface area contributed by atoms with E-state index in [-0.39, 0.29) is 31.0 Å². The van der Waals surface area contributed by atoms with E-state index in [1.54, 1.807) is 0 Å². The highest BCUT2D eigenvalue weighted by Crippen LogP contribution is 2.64. The molecule has 32 heavy (non-hydrogen) atoms. The smallest absolute Gasteiger partial charge is 0.372 e. The summed E-state index contributed by atoms with van der Waals surface area (Å²) in [4.78, 5) is 48.1. The highest BCUT2D eigenvalue weighted by molar-refractivity contribution is 6.32. The predicted molar refractivity (Wildman–Crippen MR) is 107 cm³/mol. The van der Waals surface area contributed by atoms with E-state index in [9.17, 15) is 19.2 Å². The van der Waals surface area contributed by atoms with E-state index in [0.29, 0.717) is 36.0 Å². The molecule has 1 N–H and O–H groups in total. The molecule has 7 rings (SSSR count). The zero-order valence-electron chi connectivity index (χ0n) is 18.1. The van der Waals surface area contributed by atoms with Gasteiger partial charge in [-0.2, -0.15) is 0 Å². The summed E-state index contributed by atoms with van der Waals surface area (Å²) in [7, 11) is 0. The minimum Gasteiger partial charge on any atom is -0.476 e. The second-order valence-corrected chi connectivity index (χ2v) is 11.5. The number of carboxylic acids is 1.